The molecular weight excluding hydrogens is 412 g/mol. The van der Waals surface area contributed by atoms with Crippen LogP contribution in [-0.4, -0.2) is 9.78 Å². The third-order valence-corrected chi connectivity index (χ3v) is 5.07. The van der Waals surface area contributed by atoms with E-state index in [2.05, 4.69) is 38.3 Å². The third kappa shape index (κ3) is 3.66. The maximum atomic E-state index is 4.76. The molecule has 1 heterocycles. The molecule has 0 saturated heterocycles. The van der Waals surface area contributed by atoms with E-state index < -0.39 is 0 Å². The molecule has 1 aromatic heterocycles. The van der Waals surface area contributed by atoms with Gasteiger partial charge in [0.05, 0.1) is 17.1 Å². The van der Waals surface area contributed by atoms with Gasteiger partial charge >= 0.3 is 0 Å². The summed E-state index contributed by atoms with van der Waals surface area (Å²) in [6.45, 7) is 4.01. The molecule has 0 spiro atoms. The van der Waals surface area contributed by atoms with Crippen molar-refractivity contribution < 1.29 is 0 Å². The molecule has 5 heteroatoms. The van der Waals surface area contributed by atoms with Crippen molar-refractivity contribution in [2.45, 2.75) is 13.8 Å². The first-order valence-corrected chi connectivity index (χ1v) is 9.81. The first-order valence-electron chi connectivity index (χ1n) is 9.02. The zero-order chi connectivity index (χ0) is 19.5. The lowest BCUT2D eigenvalue weighted by atomic mass is 10.1. The normalized spacial score (nSPS) is 11.2. The minimum atomic E-state index is 0.766. The maximum absolute atomic E-state index is 4.76. The number of aromatic nitrogens is 2. The van der Waals surface area contributed by atoms with Gasteiger partial charge in [-0.2, -0.15) is 5.10 Å². The Hall–Kier alpha value is -3.05. The third-order valence-electron chi connectivity index (χ3n) is 4.44. The van der Waals surface area contributed by atoms with E-state index in [1.54, 1.807) is 0 Å². The number of halogens is 1. The zero-order valence-corrected chi connectivity index (χ0v) is 17.3. The molecule has 0 fully saturated rings. The van der Waals surface area contributed by atoms with Gasteiger partial charge in [-0.05, 0) is 59.6 Å². The molecule has 0 radical (unpaired) electrons. The minimum Gasteiger partial charge on any atom is -0.230 e. The second kappa shape index (κ2) is 7.90. The zero-order valence-electron chi connectivity index (χ0n) is 15.7. The molecule has 0 amide bonds. The topological polar surface area (TPSA) is 42.5 Å². The van der Waals surface area contributed by atoms with Crippen LogP contribution in [0.4, 0.5) is 11.4 Å². The van der Waals surface area contributed by atoms with Crippen LogP contribution in [-0.2, 0) is 0 Å². The van der Waals surface area contributed by atoms with Crippen molar-refractivity contribution in [3.8, 4) is 16.9 Å². The summed E-state index contributed by atoms with van der Waals surface area (Å²) in [6, 6.07) is 26.3. The summed E-state index contributed by atoms with van der Waals surface area (Å²) >= 11 is 3.57. The van der Waals surface area contributed by atoms with Gasteiger partial charge in [0.25, 0.3) is 0 Å². The smallest absolute Gasteiger partial charge is 0.135 e. The van der Waals surface area contributed by atoms with Gasteiger partial charge in [0.1, 0.15) is 11.4 Å². The van der Waals surface area contributed by atoms with Crippen LogP contribution in [0.5, 0.6) is 0 Å². The van der Waals surface area contributed by atoms with Crippen LogP contribution in [0.1, 0.15) is 11.3 Å². The van der Waals surface area contributed by atoms with E-state index in [9.17, 15) is 0 Å². The van der Waals surface area contributed by atoms with E-state index in [0.717, 1.165) is 38.5 Å². The fourth-order valence-electron chi connectivity index (χ4n) is 3.05. The van der Waals surface area contributed by atoms with Gasteiger partial charge in [0.2, 0.25) is 0 Å². The number of aryl methyl sites for hydroxylation is 2. The number of azo groups is 1. The molecule has 4 nitrogen and oxygen atoms in total. The van der Waals surface area contributed by atoms with Crippen molar-refractivity contribution in [1.82, 2.24) is 9.78 Å². The van der Waals surface area contributed by atoms with E-state index in [-0.39, 0.29) is 0 Å². The van der Waals surface area contributed by atoms with Crippen molar-refractivity contribution in [3.63, 3.8) is 0 Å². The molecule has 28 heavy (non-hydrogen) atoms. The van der Waals surface area contributed by atoms with Gasteiger partial charge < -0.3 is 0 Å². The van der Waals surface area contributed by atoms with Crippen molar-refractivity contribution in [3.05, 3.63) is 94.6 Å². The first kappa shape index (κ1) is 18.3. The number of hydrogen-bond acceptors (Lipinski definition) is 3. The predicted molar refractivity (Wildman–Crippen MR) is 117 cm³/mol. The average Bonchev–Trinajstić information content (AvgIpc) is 3.05. The Balaban J connectivity index is 1.87. The van der Waals surface area contributed by atoms with Crippen LogP contribution in [0, 0.1) is 13.8 Å². The van der Waals surface area contributed by atoms with Crippen LogP contribution in [0.2, 0.25) is 0 Å². The van der Waals surface area contributed by atoms with Crippen LogP contribution >= 0.6 is 15.9 Å². The van der Waals surface area contributed by atoms with Crippen LogP contribution in [0.25, 0.3) is 16.9 Å². The average molecular weight is 431 g/mol. The van der Waals surface area contributed by atoms with Gasteiger partial charge in [-0.25, -0.2) is 4.68 Å². The molecule has 3 aromatic carbocycles. The lowest BCUT2D eigenvalue weighted by Gasteiger charge is -2.08. The standard InChI is InChI=1S/C23H19BrN4/c1-16-13-14-21(20(24)15-16)25-26-22-17(2)27-28(19-11-7-4-8-12-19)23(22)18-9-5-3-6-10-18/h3-15H,1-2H3. The number of para-hydroxylation sites is 1. The predicted octanol–water partition coefficient (Wildman–Crippen LogP) is 7.33. The summed E-state index contributed by atoms with van der Waals surface area (Å²) in [4.78, 5) is 0. The van der Waals surface area contributed by atoms with Crippen molar-refractivity contribution in [1.29, 1.82) is 0 Å². The summed E-state index contributed by atoms with van der Waals surface area (Å²) in [7, 11) is 0. The Kier molecular flexibility index (Phi) is 5.17. The van der Waals surface area contributed by atoms with Crippen molar-refractivity contribution in [2.75, 3.05) is 0 Å². The number of hydrogen-bond donors (Lipinski definition) is 0. The molecule has 0 atom stereocenters. The highest BCUT2D eigenvalue weighted by Crippen LogP contribution is 2.37. The van der Waals surface area contributed by atoms with Crippen molar-refractivity contribution in [2.24, 2.45) is 10.2 Å². The summed E-state index contributed by atoms with van der Waals surface area (Å²) in [5, 5.41) is 13.9. The Morgan fingerprint density at radius 3 is 2.18 bits per heavy atom. The molecule has 4 aromatic rings. The SMILES string of the molecule is Cc1ccc(N=Nc2c(C)nn(-c3ccccc3)c2-c2ccccc2)c(Br)c1. The highest BCUT2D eigenvalue weighted by molar-refractivity contribution is 9.10. The largest absolute Gasteiger partial charge is 0.230 e. The Bertz CT molecular complexity index is 1130. The van der Waals surface area contributed by atoms with Gasteiger partial charge in [-0.3, -0.25) is 0 Å². The van der Waals surface area contributed by atoms with E-state index >= 15 is 0 Å². The quantitative estimate of drug-likeness (QED) is 0.312. The molecule has 138 valence electrons. The van der Waals surface area contributed by atoms with E-state index in [0.29, 0.717) is 0 Å². The van der Waals surface area contributed by atoms with E-state index in [1.807, 2.05) is 85.3 Å². The Morgan fingerprint density at radius 2 is 1.50 bits per heavy atom. The lowest BCUT2D eigenvalue weighted by molar-refractivity contribution is 0.869. The second-order valence-corrected chi connectivity index (χ2v) is 7.41. The summed E-state index contributed by atoms with van der Waals surface area (Å²) in [5.41, 5.74) is 6.51. The van der Waals surface area contributed by atoms with Gasteiger partial charge in [-0.1, -0.05) is 54.6 Å². The first-order chi connectivity index (χ1) is 13.6. The number of rotatable bonds is 4. The monoisotopic (exact) mass is 430 g/mol. The van der Waals surface area contributed by atoms with E-state index in [1.165, 1.54) is 5.56 Å². The highest BCUT2D eigenvalue weighted by Gasteiger charge is 2.18. The Morgan fingerprint density at radius 1 is 0.821 bits per heavy atom. The van der Waals surface area contributed by atoms with Gasteiger partial charge in [0.15, 0.2) is 0 Å². The van der Waals surface area contributed by atoms with Crippen LogP contribution in [0.3, 0.4) is 0 Å². The van der Waals surface area contributed by atoms with Crippen LogP contribution < -0.4 is 0 Å². The number of benzene rings is 3. The second-order valence-electron chi connectivity index (χ2n) is 6.55. The molecular formula is C23H19BrN4. The summed E-state index contributed by atoms with van der Waals surface area (Å²) in [6.07, 6.45) is 0. The van der Waals surface area contributed by atoms with Gasteiger partial charge in [-0.15, -0.1) is 10.2 Å². The van der Waals surface area contributed by atoms with Crippen molar-refractivity contribution >= 4 is 27.3 Å². The highest BCUT2D eigenvalue weighted by atomic mass is 79.9. The lowest BCUT2D eigenvalue weighted by Crippen LogP contribution is -1.98. The maximum Gasteiger partial charge on any atom is 0.135 e. The molecule has 0 aliphatic carbocycles. The molecule has 0 bridgehead atoms. The molecule has 0 saturated carbocycles. The fraction of sp³-hybridized carbons (Fsp3) is 0.0870. The molecule has 0 aliphatic heterocycles. The van der Waals surface area contributed by atoms with E-state index in [4.69, 9.17) is 5.10 Å². The molecule has 0 unspecified atom stereocenters. The number of nitrogens with zero attached hydrogens (tertiary/aromatic N) is 4. The molecule has 0 N–H and O–H groups in total. The summed E-state index contributed by atoms with van der Waals surface area (Å²) < 4.78 is 2.86. The fourth-order valence-corrected chi connectivity index (χ4v) is 3.62. The molecule has 4 rings (SSSR count). The molecule has 0 aliphatic rings. The minimum absolute atomic E-state index is 0.766. The Labute approximate surface area is 172 Å². The van der Waals surface area contributed by atoms with Gasteiger partial charge in [0, 0.05) is 10.0 Å². The van der Waals surface area contributed by atoms with Crippen LogP contribution in [0.15, 0.2) is 93.6 Å². The summed E-state index contributed by atoms with van der Waals surface area (Å²) in [5.74, 6) is 0.